The van der Waals surface area contributed by atoms with Crippen LogP contribution < -0.4 is 5.73 Å². The summed E-state index contributed by atoms with van der Waals surface area (Å²) in [7, 11) is 1.50. The van der Waals surface area contributed by atoms with Gasteiger partial charge in [0.2, 0.25) is 0 Å². The van der Waals surface area contributed by atoms with Gasteiger partial charge in [0.15, 0.2) is 0 Å². The average molecular weight is 417 g/mol. The van der Waals surface area contributed by atoms with Crippen LogP contribution in [0.4, 0.5) is 5.69 Å². The molecule has 5 nitrogen and oxygen atoms in total. The van der Waals surface area contributed by atoms with Gasteiger partial charge in [-0.25, -0.2) is 0 Å². The lowest BCUT2D eigenvalue weighted by atomic mass is 9.46. The summed E-state index contributed by atoms with van der Waals surface area (Å²) in [5, 5.41) is 0. The number of fused-ring (bicyclic) bond motifs is 1. The molecule has 2 unspecified atom stereocenters. The summed E-state index contributed by atoms with van der Waals surface area (Å²) in [6.07, 6.45) is 5.84. The first-order valence-electron chi connectivity index (χ1n) is 11.3. The van der Waals surface area contributed by atoms with E-state index in [1.54, 1.807) is 0 Å². The van der Waals surface area contributed by atoms with E-state index in [1.807, 2.05) is 30.3 Å². The van der Waals surface area contributed by atoms with Crippen molar-refractivity contribution in [2.45, 2.75) is 50.6 Å². The normalized spacial score (nSPS) is 32.9. The zero-order valence-corrected chi connectivity index (χ0v) is 17.9. The summed E-state index contributed by atoms with van der Waals surface area (Å²) < 4.78 is 5.25. The van der Waals surface area contributed by atoms with E-state index in [0.717, 1.165) is 60.0 Å². The summed E-state index contributed by atoms with van der Waals surface area (Å²) in [4.78, 5) is 28.6. The molecule has 4 saturated carbocycles. The molecule has 0 radical (unpaired) electrons. The second-order valence-electron chi connectivity index (χ2n) is 10.3. The maximum absolute atomic E-state index is 13.7. The number of carbonyl (C=O) groups is 2. The predicted octanol–water partition coefficient (Wildman–Crippen LogP) is 4.40. The van der Waals surface area contributed by atoms with E-state index in [1.165, 1.54) is 13.5 Å². The molecule has 2 aromatic rings. The number of carbonyl (C=O) groups excluding carboxylic acids is 2. The first kappa shape index (κ1) is 18.9. The number of amides is 1. The van der Waals surface area contributed by atoms with Gasteiger partial charge in [-0.15, -0.1) is 0 Å². The van der Waals surface area contributed by atoms with E-state index < -0.39 is 5.41 Å². The molecule has 31 heavy (non-hydrogen) atoms. The maximum Gasteiger partial charge on any atom is 0.311 e. The van der Waals surface area contributed by atoms with Crippen LogP contribution in [-0.2, 0) is 16.1 Å². The van der Waals surface area contributed by atoms with Crippen molar-refractivity contribution < 1.29 is 14.3 Å². The minimum atomic E-state index is -0.400. The molecule has 1 aliphatic heterocycles. The fourth-order valence-corrected chi connectivity index (χ4v) is 7.52. The van der Waals surface area contributed by atoms with Crippen molar-refractivity contribution in [1.82, 2.24) is 4.90 Å². The monoisotopic (exact) mass is 416 g/mol. The van der Waals surface area contributed by atoms with Crippen LogP contribution in [0.1, 0.15) is 54.4 Å². The number of nitrogens with two attached hydrogens (primary N) is 1. The van der Waals surface area contributed by atoms with Crippen molar-refractivity contribution in [3.63, 3.8) is 0 Å². The Labute approximate surface area is 182 Å². The Morgan fingerprint density at radius 2 is 1.71 bits per heavy atom. The van der Waals surface area contributed by atoms with E-state index in [9.17, 15) is 9.59 Å². The van der Waals surface area contributed by atoms with Crippen LogP contribution in [0, 0.1) is 17.3 Å². The van der Waals surface area contributed by atoms with Gasteiger partial charge in [-0.2, -0.15) is 0 Å². The average Bonchev–Trinajstić information content (AvgIpc) is 3.09. The van der Waals surface area contributed by atoms with Crippen LogP contribution in [-0.4, -0.2) is 29.4 Å². The molecular formula is C26H28N2O3. The first-order valence-corrected chi connectivity index (χ1v) is 11.3. The lowest BCUT2D eigenvalue weighted by molar-refractivity contribution is -0.179. The number of anilines is 1. The largest absolute Gasteiger partial charge is 0.469 e. The molecule has 5 aliphatic rings. The van der Waals surface area contributed by atoms with Gasteiger partial charge in [-0.1, -0.05) is 24.3 Å². The highest BCUT2D eigenvalue weighted by atomic mass is 16.5. The Kier molecular flexibility index (Phi) is 3.87. The molecule has 5 heteroatoms. The van der Waals surface area contributed by atoms with Gasteiger partial charge in [0.1, 0.15) is 0 Å². The highest BCUT2D eigenvalue weighted by Crippen LogP contribution is 2.64. The molecule has 160 valence electrons. The second kappa shape index (κ2) is 6.35. The number of methoxy groups -OCH3 is 1. The number of ether oxygens (including phenoxy) is 1. The van der Waals surface area contributed by atoms with Crippen LogP contribution in [0.25, 0.3) is 11.1 Å². The van der Waals surface area contributed by atoms with Crippen LogP contribution in [0.2, 0.25) is 0 Å². The molecule has 0 spiro atoms. The van der Waals surface area contributed by atoms with E-state index in [0.29, 0.717) is 18.4 Å². The summed E-state index contributed by atoms with van der Waals surface area (Å²) >= 11 is 0. The Bertz CT molecular complexity index is 1080. The molecule has 4 fully saturated rings. The van der Waals surface area contributed by atoms with Crippen molar-refractivity contribution in [3.8, 4) is 11.1 Å². The smallest absolute Gasteiger partial charge is 0.311 e. The number of nitrogens with zero attached hydrogens (tertiary/aromatic N) is 1. The third-order valence-corrected chi connectivity index (χ3v) is 8.38. The molecule has 2 N–H and O–H groups in total. The number of esters is 1. The second-order valence-corrected chi connectivity index (χ2v) is 10.3. The molecule has 0 saturated heterocycles. The van der Waals surface area contributed by atoms with Gasteiger partial charge in [0.25, 0.3) is 5.91 Å². The SMILES string of the molecule is COC(=O)C12C[C@H]3C[C@@H](C1)CC(N1Cc4ccc(-c5ccc(N)cc5)cc4C1=O)(C3)C2. The number of benzene rings is 2. The molecule has 2 aromatic carbocycles. The summed E-state index contributed by atoms with van der Waals surface area (Å²) in [6.45, 7) is 0.646. The fraction of sp³-hybridized carbons (Fsp3) is 0.462. The van der Waals surface area contributed by atoms with Crippen LogP contribution in [0.3, 0.4) is 0 Å². The van der Waals surface area contributed by atoms with Crippen LogP contribution in [0.15, 0.2) is 42.5 Å². The van der Waals surface area contributed by atoms with Gasteiger partial charge in [-0.05, 0) is 85.3 Å². The molecule has 1 amide bonds. The van der Waals surface area contributed by atoms with E-state index >= 15 is 0 Å². The number of rotatable bonds is 3. The van der Waals surface area contributed by atoms with Gasteiger partial charge in [0, 0.05) is 23.3 Å². The fourth-order valence-electron chi connectivity index (χ4n) is 7.52. The van der Waals surface area contributed by atoms with Crippen molar-refractivity contribution in [2.24, 2.45) is 17.3 Å². The molecule has 4 bridgehead atoms. The summed E-state index contributed by atoms with van der Waals surface area (Å²) in [6, 6.07) is 14.0. The van der Waals surface area contributed by atoms with Gasteiger partial charge in [0.05, 0.1) is 12.5 Å². The zero-order valence-electron chi connectivity index (χ0n) is 17.9. The lowest BCUT2D eigenvalue weighted by Gasteiger charge is -2.63. The highest BCUT2D eigenvalue weighted by Gasteiger charge is 2.64. The minimum Gasteiger partial charge on any atom is -0.469 e. The molecule has 4 atom stereocenters. The van der Waals surface area contributed by atoms with E-state index in [2.05, 4.69) is 17.0 Å². The van der Waals surface area contributed by atoms with Crippen LogP contribution >= 0.6 is 0 Å². The third kappa shape index (κ3) is 2.68. The standard InChI is InChI=1S/C26H28N2O3/c1-31-24(30)25-10-16-8-17(11-25)13-26(12-16,15-25)28-14-20-3-2-19(9-22(20)23(28)29)18-4-6-21(27)7-5-18/h2-7,9,16-17H,8,10-15,27H2,1H3/t16-,17+,25?,26?. The van der Waals surface area contributed by atoms with Gasteiger partial charge >= 0.3 is 5.97 Å². The molecule has 7 rings (SSSR count). The van der Waals surface area contributed by atoms with E-state index in [4.69, 9.17) is 10.5 Å². The quantitative estimate of drug-likeness (QED) is 0.594. The van der Waals surface area contributed by atoms with Crippen molar-refractivity contribution >= 4 is 17.6 Å². The van der Waals surface area contributed by atoms with Crippen molar-refractivity contribution in [1.29, 1.82) is 0 Å². The number of hydrogen-bond acceptors (Lipinski definition) is 4. The third-order valence-electron chi connectivity index (χ3n) is 8.38. The maximum atomic E-state index is 13.7. The Balaban J connectivity index is 1.35. The summed E-state index contributed by atoms with van der Waals surface area (Å²) in [5.41, 5.74) is 9.93. The zero-order chi connectivity index (χ0) is 21.4. The number of nitrogen functional groups attached to an aromatic ring is 1. The number of hydrogen-bond donors (Lipinski definition) is 1. The Morgan fingerprint density at radius 3 is 2.39 bits per heavy atom. The first-order chi connectivity index (χ1) is 14.9. The van der Waals surface area contributed by atoms with Crippen molar-refractivity contribution in [3.05, 3.63) is 53.6 Å². The molecule has 0 aromatic heterocycles. The minimum absolute atomic E-state index is 0.0687. The van der Waals surface area contributed by atoms with E-state index in [-0.39, 0.29) is 17.4 Å². The predicted molar refractivity (Wildman–Crippen MR) is 118 cm³/mol. The van der Waals surface area contributed by atoms with Gasteiger partial charge in [-0.3, -0.25) is 9.59 Å². The Morgan fingerprint density at radius 1 is 1.03 bits per heavy atom. The highest BCUT2D eigenvalue weighted by molar-refractivity contribution is 6.00. The summed E-state index contributed by atoms with van der Waals surface area (Å²) in [5.74, 6) is 1.08. The van der Waals surface area contributed by atoms with Crippen molar-refractivity contribution in [2.75, 3.05) is 12.8 Å². The molecule has 1 heterocycles. The lowest BCUT2D eigenvalue weighted by Crippen LogP contribution is -2.64. The molecular weight excluding hydrogens is 388 g/mol. The molecule has 4 aliphatic carbocycles. The van der Waals surface area contributed by atoms with Gasteiger partial charge < -0.3 is 15.4 Å². The van der Waals surface area contributed by atoms with Crippen LogP contribution in [0.5, 0.6) is 0 Å². The Hall–Kier alpha value is -2.82. The topological polar surface area (TPSA) is 72.6 Å².